The van der Waals surface area contributed by atoms with Crippen LogP contribution in [0.4, 0.5) is 0 Å². The summed E-state index contributed by atoms with van der Waals surface area (Å²) in [4.78, 5) is 0. The van der Waals surface area contributed by atoms with Gasteiger partial charge in [0.15, 0.2) is 0 Å². The van der Waals surface area contributed by atoms with Gasteiger partial charge >= 0.3 is 5.97 Å². The number of hydrogen-bond donors (Lipinski definition) is 0. The highest BCUT2D eigenvalue weighted by atomic mass is 16.9. The number of hydrogen-bond acceptors (Lipinski definition) is 4. The molecular weight excluding hydrogens is 292 g/mol. The van der Waals surface area contributed by atoms with Gasteiger partial charge in [-0.1, -0.05) is 32.6 Å². The largest absolute Gasteiger partial charge is 0.372 e. The minimum absolute atomic E-state index is 0.0698. The van der Waals surface area contributed by atoms with Crippen molar-refractivity contribution in [2.75, 3.05) is 33.5 Å². The van der Waals surface area contributed by atoms with E-state index in [-0.39, 0.29) is 10.8 Å². The fourth-order valence-corrected chi connectivity index (χ4v) is 2.82. The maximum Gasteiger partial charge on any atom is 0.312 e. The molecule has 4 heteroatoms. The lowest BCUT2D eigenvalue weighted by Gasteiger charge is -2.56. The number of rotatable bonds is 2. The molecule has 2 bridgehead atoms. The molecule has 4 rings (SSSR count). The zero-order valence-electron chi connectivity index (χ0n) is 14.3. The van der Waals surface area contributed by atoms with Crippen LogP contribution in [0.1, 0.15) is 31.9 Å². The van der Waals surface area contributed by atoms with Gasteiger partial charge in [-0.2, -0.15) is 0 Å². The second kappa shape index (κ2) is 5.92. The van der Waals surface area contributed by atoms with E-state index in [1.807, 2.05) is 24.3 Å². The van der Waals surface area contributed by atoms with Gasteiger partial charge in [0.2, 0.25) is 0 Å². The molecule has 3 aliphatic rings. The van der Waals surface area contributed by atoms with E-state index >= 15 is 0 Å². The quantitative estimate of drug-likeness (QED) is 0.786. The summed E-state index contributed by atoms with van der Waals surface area (Å²) < 4.78 is 23.0. The first kappa shape index (κ1) is 16.5. The van der Waals surface area contributed by atoms with Crippen molar-refractivity contribution in [2.24, 2.45) is 10.8 Å². The molecule has 3 fully saturated rings. The fraction of sp³-hybridized carbons (Fsp3) is 0.579. The molecule has 124 valence electrons. The van der Waals surface area contributed by atoms with E-state index in [0.717, 1.165) is 11.1 Å². The Morgan fingerprint density at radius 3 is 2.09 bits per heavy atom. The predicted octanol–water partition coefficient (Wildman–Crippen LogP) is 2.90. The third kappa shape index (κ3) is 2.90. The van der Waals surface area contributed by atoms with Crippen LogP contribution >= 0.6 is 0 Å². The summed E-state index contributed by atoms with van der Waals surface area (Å²) in [5.74, 6) is 4.92. The summed E-state index contributed by atoms with van der Waals surface area (Å²) in [5.41, 5.74) is 1.79. The van der Waals surface area contributed by atoms with E-state index in [2.05, 4.69) is 32.6 Å². The molecule has 0 spiro atoms. The Balaban J connectivity index is 1.76. The van der Waals surface area contributed by atoms with Crippen LogP contribution in [-0.2, 0) is 24.9 Å². The Bertz CT molecular complexity index is 591. The highest BCUT2D eigenvalue weighted by Gasteiger charge is 2.57. The van der Waals surface area contributed by atoms with Crippen LogP contribution in [0.3, 0.4) is 0 Å². The first-order valence-corrected chi connectivity index (χ1v) is 7.91. The van der Waals surface area contributed by atoms with Gasteiger partial charge in [-0.15, -0.1) is 0 Å². The molecule has 0 amide bonds. The molecule has 0 aliphatic carbocycles. The van der Waals surface area contributed by atoms with E-state index < -0.39 is 5.97 Å². The van der Waals surface area contributed by atoms with Crippen LogP contribution in [0.15, 0.2) is 24.3 Å². The monoisotopic (exact) mass is 316 g/mol. The van der Waals surface area contributed by atoms with Crippen molar-refractivity contribution in [3.05, 3.63) is 35.4 Å². The van der Waals surface area contributed by atoms with E-state index in [1.54, 1.807) is 7.11 Å². The van der Waals surface area contributed by atoms with Gasteiger partial charge in [0, 0.05) is 23.7 Å². The lowest BCUT2D eigenvalue weighted by atomic mass is 9.67. The van der Waals surface area contributed by atoms with Gasteiger partial charge < -0.3 is 18.9 Å². The van der Waals surface area contributed by atoms with Crippen LogP contribution in [0.25, 0.3) is 0 Å². The van der Waals surface area contributed by atoms with Crippen molar-refractivity contribution in [3.63, 3.8) is 0 Å². The van der Waals surface area contributed by atoms with Crippen LogP contribution in [0, 0.1) is 22.7 Å². The Morgan fingerprint density at radius 2 is 1.61 bits per heavy atom. The van der Waals surface area contributed by atoms with Gasteiger partial charge in [-0.05, 0) is 29.7 Å². The summed E-state index contributed by atoms with van der Waals surface area (Å²) in [6.07, 6.45) is 0. The van der Waals surface area contributed by atoms with Crippen LogP contribution < -0.4 is 0 Å². The standard InChI is InChI=1S/C19H24O4/c1-17(2,3)18-12-21-19(22-13-18,23-14-18)16-9-7-15(8-10-16)6-5-11-20-4/h7-10H,11-14H2,1-4H3. The number of benzene rings is 1. The summed E-state index contributed by atoms with van der Waals surface area (Å²) in [6, 6.07) is 7.80. The second-order valence-electron chi connectivity index (χ2n) is 7.26. The van der Waals surface area contributed by atoms with Gasteiger partial charge in [0.05, 0.1) is 19.8 Å². The molecule has 1 aromatic rings. The SMILES string of the molecule is COCC#Cc1ccc(C23OCC(C(C)(C)C)(CO2)CO3)cc1. The normalized spacial score (nSPS) is 29.9. The molecule has 23 heavy (non-hydrogen) atoms. The third-order valence-electron chi connectivity index (χ3n) is 4.89. The van der Waals surface area contributed by atoms with Crippen LogP contribution in [0.2, 0.25) is 0 Å². The second-order valence-corrected chi connectivity index (χ2v) is 7.26. The lowest BCUT2D eigenvalue weighted by molar-refractivity contribution is -0.489. The minimum atomic E-state index is -1.06. The van der Waals surface area contributed by atoms with E-state index in [1.165, 1.54) is 0 Å². The van der Waals surface area contributed by atoms with Gasteiger partial charge in [-0.25, -0.2) is 0 Å². The molecule has 0 radical (unpaired) electrons. The summed E-state index contributed by atoms with van der Waals surface area (Å²) in [6.45, 7) is 8.97. The molecule has 0 N–H and O–H groups in total. The molecule has 3 aliphatic heterocycles. The Morgan fingerprint density at radius 1 is 1.04 bits per heavy atom. The summed E-state index contributed by atoms with van der Waals surface area (Å²) in [5, 5.41) is 0. The van der Waals surface area contributed by atoms with Gasteiger partial charge in [0.25, 0.3) is 0 Å². The summed E-state index contributed by atoms with van der Waals surface area (Å²) in [7, 11) is 1.63. The zero-order valence-corrected chi connectivity index (χ0v) is 14.3. The van der Waals surface area contributed by atoms with Crippen molar-refractivity contribution >= 4 is 0 Å². The van der Waals surface area contributed by atoms with Gasteiger partial charge in [0.1, 0.15) is 6.61 Å². The molecule has 0 unspecified atom stereocenters. The van der Waals surface area contributed by atoms with Crippen LogP contribution in [0.5, 0.6) is 0 Å². The maximum absolute atomic E-state index is 6.02. The van der Waals surface area contributed by atoms with Crippen molar-refractivity contribution in [2.45, 2.75) is 26.7 Å². The zero-order chi connectivity index (χ0) is 16.6. The van der Waals surface area contributed by atoms with Crippen molar-refractivity contribution in [1.29, 1.82) is 0 Å². The third-order valence-corrected chi connectivity index (χ3v) is 4.89. The van der Waals surface area contributed by atoms with Crippen LogP contribution in [-0.4, -0.2) is 33.5 Å². The number of ether oxygens (including phenoxy) is 4. The first-order chi connectivity index (χ1) is 10.9. The molecule has 0 saturated carbocycles. The molecule has 1 aromatic carbocycles. The topological polar surface area (TPSA) is 36.9 Å². The first-order valence-electron chi connectivity index (χ1n) is 7.91. The lowest BCUT2D eigenvalue weighted by Crippen LogP contribution is -2.62. The predicted molar refractivity (Wildman–Crippen MR) is 86.6 cm³/mol. The smallest absolute Gasteiger partial charge is 0.312 e. The number of fused-ring (bicyclic) bond motifs is 3. The van der Waals surface area contributed by atoms with Crippen molar-refractivity contribution < 1.29 is 18.9 Å². The Hall–Kier alpha value is -1.38. The molecule has 4 nitrogen and oxygen atoms in total. The molecule has 3 saturated heterocycles. The van der Waals surface area contributed by atoms with E-state index in [0.29, 0.717) is 26.4 Å². The fourth-order valence-electron chi connectivity index (χ4n) is 2.82. The Labute approximate surface area is 138 Å². The van der Waals surface area contributed by atoms with Crippen molar-refractivity contribution in [1.82, 2.24) is 0 Å². The average molecular weight is 316 g/mol. The minimum Gasteiger partial charge on any atom is -0.372 e. The summed E-state index contributed by atoms with van der Waals surface area (Å²) >= 11 is 0. The highest BCUT2D eigenvalue weighted by molar-refractivity contribution is 5.37. The van der Waals surface area contributed by atoms with Gasteiger partial charge in [-0.3, -0.25) is 0 Å². The number of methoxy groups -OCH3 is 1. The average Bonchev–Trinajstić information content (AvgIpc) is 2.56. The Kier molecular flexibility index (Phi) is 4.24. The van der Waals surface area contributed by atoms with E-state index in [4.69, 9.17) is 18.9 Å². The van der Waals surface area contributed by atoms with E-state index in [9.17, 15) is 0 Å². The highest BCUT2D eigenvalue weighted by Crippen LogP contribution is 2.51. The maximum atomic E-state index is 6.02. The molecule has 0 atom stereocenters. The van der Waals surface area contributed by atoms with Crippen molar-refractivity contribution in [3.8, 4) is 11.8 Å². The molecular formula is C19H24O4. The molecule has 3 heterocycles. The molecule has 0 aromatic heterocycles.